The Morgan fingerprint density at radius 2 is 0.965 bits per heavy atom. The van der Waals surface area contributed by atoms with Gasteiger partial charge < -0.3 is 40.3 Å². The van der Waals surface area contributed by atoms with Crippen LogP contribution in [0, 0.1) is 0 Å². The zero-order valence-corrected chi connectivity index (χ0v) is 37.1. The Hall–Kier alpha value is -1.07. The van der Waals surface area contributed by atoms with Crippen LogP contribution in [0.2, 0.25) is 0 Å². The van der Waals surface area contributed by atoms with E-state index < -0.39 is 49.5 Å². The largest absolute Gasteiger partial charge is 0.394 e. The molecule has 0 aromatic carbocycles. The second kappa shape index (κ2) is 39.1. The molecule has 0 saturated carbocycles. The van der Waals surface area contributed by atoms with Gasteiger partial charge >= 0.3 is 0 Å². The van der Waals surface area contributed by atoms with Gasteiger partial charge in [-0.1, -0.05) is 219 Å². The van der Waals surface area contributed by atoms with Gasteiger partial charge in [0, 0.05) is 6.42 Å². The molecule has 1 aliphatic rings. The molecule has 9 heteroatoms. The zero-order chi connectivity index (χ0) is 41.6. The van der Waals surface area contributed by atoms with E-state index in [1.807, 2.05) is 6.08 Å². The van der Waals surface area contributed by atoms with Crippen LogP contribution < -0.4 is 5.32 Å². The summed E-state index contributed by atoms with van der Waals surface area (Å²) in [7, 11) is 0. The van der Waals surface area contributed by atoms with Gasteiger partial charge in [-0.05, 0) is 19.3 Å². The second-order valence-electron chi connectivity index (χ2n) is 17.3. The molecule has 7 unspecified atom stereocenters. The van der Waals surface area contributed by atoms with E-state index >= 15 is 0 Å². The van der Waals surface area contributed by atoms with Gasteiger partial charge in [-0.2, -0.15) is 0 Å². The maximum Gasteiger partial charge on any atom is 0.220 e. The van der Waals surface area contributed by atoms with Crippen molar-refractivity contribution in [2.45, 2.75) is 275 Å². The Morgan fingerprint density at radius 3 is 1.37 bits per heavy atom. The monoisotopic (exact) mass is 812 g/mol. The molecule has 1 rings (SSSR count). The van der Waals surface area contributed by atoms with Crippen LogP contribution in [-0.2, 0) is 14.3 Å². The number of ether oxygens (including phenoxy) is 2. The summed E-state index contributed by atoms with van der Waals surface area (Å²) in [6.07, 6.45) is 38.5. The van der Waals surface area contributed by atoms with Gasteiger partial charge in [0.2, 0.25) is 5.91 Å². The first-order valence-electron chi connectivity index (χ1n) is 24.4. The number of unbranched alkanes of at least 4 members (excludes halogenated alkanes) is 31. The topological polar surface area (TPSA) is 149 Å². The molecule has 338 valence electrons. The van der Waals surface area contributed by atoms with Gasteiger partial charge in [-0.15, -0.1) is 0 Å². The number of aliphatic hydroxyl groups is 5. The number of hydrogen-bond acceptors (Lipinski definition) is 8. The summed E-state index contributed by atoms with van der Waals surface area (Å²) in [6, 6.07) is -0.797. The summed E-state index contributed by atoms with van der Waals surface area (Å²) < 4.78 is 11.2. The lowest BCUT2D eigenvalue weighted by Gasteiger charge is -2.40. The first kappa shape index (κ1) is 53.9. The molecule has 1 aliphatic heterocycles. The van der Waals surface area contributed by atoms with Gasteiger partial charge in [0.25, 0.3) is 0 Å². The molecule has 0 radical (unpaired) electrons. The molecular formula is C48H93NO8. The molecule has 1 fully saturated rings. The third-order valence-electron chi connectivity index (χ3n) is 11.9. The van der Waals surface area contributed by atoms with Crippen LogP contribution in [0.15, 0.2) is 12.2 Å². The minimum atomic E-state index is -1.56. The lowest BCUT2D eigenvalue weighted by Crippen LogP contribution is -2.60. The quantitative estimate of drug-likeness (QED) is 0.0264. The number of rotatable bonds is 41. The van der Waals surface area contributed by atoms with Crippen LogP contribution >= 0.6 is 0 Å². The average Bonchev–Trinajstić information content (AvgIpc) is 3.21. The van der Waals surface area contributed by atoms with E-state index in [1.165, 1.54) is 173 Å². The molecule has 7 atom stereocenters. The fraction of sp³-hybridized carbons (Fsp3) is 0.938. The highest BCUT2D eigenvalue weighted by molar-refractivity contribution is 5.76. The maximum atomic E-state index is 12.9. The van der Waals surface area contributed by atoms with Crippen molar-refractivity contribution >= 4 is 5.91 Å². The Kier molecular flexibility index (Phi) is 37.0. The highest BCUT2D eigenvalue weighted by atomic mass is 16.7. The Bertz CT molecular complexity index is 904. The maximum absolute atomic E-state index is 12.9. The van der Waals surface area contributed by atoms with Crippen molar-refractivity contribution in [3.05, 3.63) is 12.2 Å². The van der Waals surface area contributed by atoms with E-state index in [4.69, 9.17) is 9.47 Å². The van der Waals surface area contributed by atoms with E-state index in [2.05, 4.69) is 19.2 Å². The molecule has 1 saturated heterocycles. The van der Waals surface area contributed by atoms with Gasteiger partial charge in [0.1, 0.15) is 24.4 Å². The van der Waals surface area contributed by atoms with Gasteiger partial charge in [0.05, 0.1) is 25.4 Å². The van der Waals surface area contributed by atoms with Crippen LogP contribution in [0.25, 0.3) is 0 Å². The molecule has 0 aromatic heterocycles. The van der Waals surface area contributed by atoms with Crippen LogP contribution in [-0.4, -0.2) is 87.5 Å². The van der Waals surface area contributed by atoms with Gasteiger partial charge in [-0.3, -0.25) is 4.79 Å². The molecule has 1 heterocycles. The summed E-state index contributed by atoms with van der Waals surface area (Å²) in [4.78, 5) is 12.9. The SMILES string of the molecule is CCCCCCCCCC/C=C/C(O)C(COC1OC(CO)C(O)C(O)C1O)NC(=O)CCCCCCCCCCCCCCCCCCCCCCCCCC. The number of allylic oxidation sites excluding steroid dienone is 1. The first-order chi connectivity index (χ1) is 27.8. The van der Waals surface area contributed by atoms with Crippen molar-refractivity contribution in [2.24, 2.45) is 0 Å². The smallest absolute Gasteiger partial charge is 0.220 e. The third-order valence-corrected chi connectivity index (χ3v) is 11.9. The molecule has 9 nitrogen and oxygen atoms in total. The molecule has 0 bridgehead atoms. The van der Waals surface area contributed by atoms with Crippen molar-refractivity contribution < 1.29 is 39.8 Å². The second-order valence-corrected chi connectivity index (χ2v) is 17.3. The van der Waals surface area contributed by atoms with E-state index in [9.17, 15) is 30.3 Å². The lowest BCUT2D eigenvalue weighted by molar-refractivity contribution is -0.302. The van der Waals surface area contributed by atoms with E-state index in [0.717, 1.165) is 38.5 Å². The summed E-state index contributed by atoms with van der Waals surface area (Å²) >= 11 is 0. The number of carbonyl (C=O) groups is 1. The summed E-state index contributed by atoms with van der Waals surface area (Å²) in [5.41, 5.74) is 0. The molecule has 1 amide bonds. The van der Waals surface area contributed by atoms with E-state index in [-0.39, 0.29) is 12.5 Å². The van der Waals surface area contributed by atoms with Gasteiger partial charge in [-0.25, -0.2) is 0 Å². The lowest BCUT2D eigenvalue weighted by atomic mass is 9.99. The Morgan fingerprint density at radius 1 is 0.579 bits per heavy atom. The van der Waals surface area contributed by atoms with Crippen molar-refractivity contribution in [1.82, 2.24) is 5.32 Å². The van der Waals surface area contributed by atoms with Crippen molar-refractivity contribution in [1.29, 1.82) is 0 Å². The molecule has 0 spiro atoms. The predicted octanol–water partition coefficient (Wildman–Crippen LogP) is 10.5. The molecule has 0 aromatic rings. The van der Waals surface area contributed by atoms with Crippen molar-refractivity contribution in [3.63, 3.8) is 0 Å². The molecular weight excluding hydrogens is 719 g/mol. The minimum absolute atomic E-state index is 0.174. The van der Waals surface area contributed by atoms with Crippen LogP contribution in [0.1, 0.15) is 232 Å². The molecule has 6 N–H and O–H groups in total. The highest BCUT2D eigenvalue weighted by Gasteiger charge is 2.44. The van der Waals surface area contributed by atoms with Crippen LogP contribution in [0.3, 0.4) is 0 Å². The standard InChI is InChI=1S/C48H93NO8/c1-3-5-7-9-11-13-15-16-17-18-19-20-21-22-23-24-25-26-27-28-30-32-34-36-38-44(52)49-41(40-56-48-47(55)46(54)45(53)43(39-50)57-48)42(51)37-35-33-31-29-14-12-10-8-6-4-2/h35,37,41-43,45-48,50-51,53-55H,3-34,36,38-40H2,1-2H3,(H,49,52)/b37-35+. The van der Waals surface area contributed by atoms with Crippen LogP contribution in [0.4, 0.5) is 0 Å². The number of hydrogen-bond donors (Lipinski definition) is 6. The fourth-order valence-corrected chi connectivity index (χ4v) is 7.92. The van der Waals surface area contributed by atoms with Gasteiger partial charge in [0.15, 0.2) is 6.29 Å². The van der Waals surface area contributed by atoms with E-state index in [1.54, 1.807) is 6.08 Å². The summed E-state index contributed by atoms with van der Waals surface area (Å²) in [6.45, 7) is 3.77. The minimum Gasteiger partial charge on any atom is -0.394 e. The molecule has 57 heavy (non-hydrogen) atoms. The summed E-state index contributed by atoms with van der Waals surface area (Å²) in [5.74, 6) is -0.174. The summed E-state index contributed by atoms with van der Waals surface area (Å²) in [5, 5.41) is 54.1. The number of nitrogens with one attached hydrogen (secondary N) is 1. The number of amides is 1. The highest BCUT2D eigenvalue weighted by Crippen LogP contribution is 2.23. The van der Waals surface area contributed by atoms with E-state index in [0.29, 0.717) is 6.42 Å². The number of aliphatic hydroxyl groups excluding tert-OH is 5. The first-order valence-corrected chi connectivity index (χ1v) is 24.4. The van der Waals surface area contributed by atoms with Crippen molar-refractivity contribution in [3.8, 4) is 0 Å². The Balaban J connectivity index is 2.20. The number of carbonyl (C=O) groups excluding carboxylic acids is 1. The zero-order valence-electron chi connectivity index (χ0n) is 37.1. The normalized spacial score (nSPS) is 21.0. The average molecular weight is 812 g/mol. The predicted molar refractivity (Wildman–Crippen MR) is 235 cm³/mol. The molecule has 0 aliphatic carbocycles. The Labute approximate surface area is 350 Å². The van der Waals surface area contributed by atoms with Crippen molar-refractivity contribution in [2.75, 3.05) is 13.2 Å². The fourth-order valence-electron chi connectivity index (χ4n) is 7.92. The van der Waals surface area contributed by atoms with Crippen LogP contribution in [0.5, 0.6) is 0 Å². The third kappa shape index (κ3) is 29.7.